The minimum atomic E-state index is -0.878. The molecular weight excluding hydrogens is 306 g/mol. The van der Waals surface area contributed by atoms with E-state index in [-0.39, 0.29) is 0 Å². The van der Waals surface area contributed by atoms with Crippen LogP contribution in [-0.2, 0) is 10.3 Å². The third kappa shape index (κ3) is 2.63. The Morgan fingerprint density at radius 2 is 1.78 bits per heavy atom. The molecule has 23 heavy (non-hydrogen) atoms. The first-order chi connectivity index (χ1) is 11.1. The van der Waals surface area contributed by atoms with Gasteiger partial charge in [-0.2, -0.15) is 0 Å². The van der Waals surface area contributed by atoms with Gasteiger partial charge in [-0.25, -0.2) is 4.79 Å². The normalized spacial score (nSPS) is 19.9. The van der Waals surface area contributed by atoms with Gasteiger partial charge in [-0.3, -0.25) is 0 Å². The fourth-order valence-corrected chi connectivity index (χ4v) is 4.14. The second-order valence-electron chi connectivity index (χ2n) is 5.60. The number of hydrogen-bond acceptors (Lipinski definition) is 3. The van der Waals surface area contributed by atoms with Crippen LogP contribution < -0.4 is 5.32 Å². The van der Waals surface area contributed by atoms with Crippen LogP contribution in [0.3, 0.4) is 0 Å². The maximum absolute atomic E-state index is 12.0. The Balaban J connectivity index is 2.30. The summed E-state index contributed by atoms with van der Waals surface area (Å²) >= 11 is 1.59. The van der Waals surface area contributed by atoms with Gasteiger partial charge in [0.25, 0.3) is 0 Å². The number of aliphatic carboxylic acids is 1. The number of anilines is 1. The molecule has 0 bridgehead atoms. The third-order valence-electron chi connectivity index (χ3n) is 4.12. The number of carbonyl (C=O) groups is 1. The Kier molecular flexibility index (Phi) is 4.18. The van der Waals surface area contributed by atoms with Gasteiger partial charge in [0.15, 0.2) is 0 Å². The molecule has 0 saturated carbocycles. The van der Waals surface area contributed by atoms with Crippen molar-refractivity contribution in [2.24, 2.45) is 0 Å². The molecule has 1 unspecified atom stereocenters. The second kappa shape index (κ2) is 6.13. The van der Waals surface area contributed by atoms with Crippen LogP contribution in [0, 0.1) is 0 Å². The summed E-state index contributed by atoms with van der Waals surface area (Å²) in [5.41, 5.74) is 2.52. The number of rotatable bonds is 4. The first-order valence-corrected chi connectivity index (χ1v) is 8.60. The van der Waals surface area contributed by atoms with Crippen LogP contribution in [0.5, 0.6) is 0 Å². The second-order valence-corrected chi connectivity index (χ2v) is 6.88. The molecule has 1 atom stereocenters. The van der Waals surface area contributed by atoms with Gasteiger partial charge >= 0.3 is 5.97 Å². The molecule has 0 spiro atoms. The van der Waals surface area contributed by atoms with Gasteiger partial charge in [-0.15, -0.1) is 11.8 Å². The number of benzene rings is 2. The molecule has 0 aliphatic carbocycles. The molecule has 2 aromatic rings. The minimum Gasteiger partial charge on any atom is -0.478 e. The highest BCUT2D eigenvalue weighted by Gasteiger charge is 2.40. The summed E-state index contributed by atoms with van der Waals surface area (Å²) < 4.78 is 0. The van der Waals surface area contributed by atoms with E-state index in [1.165, 1.54) is 0 Å². The molecule has 0 amide bonds. The van der Waals surface area contributed by atoms with Gasteiger partial charge in [0, 0.05) is 16.2 Å². The van der Waals surface area contributed by atoms with E-state index < -0.39 is 11.5 Å². The van der Waals surface area contributed by atoms with Crippen molar-refractivity contribution < 1.29 is 9.90 Å². The van der Waals surface area contributed by atoms with E-state index in [1.54, 1.807) is 11.8 Å². The zero-order chi connectivity index (χ0) is 16.4. The standard InChI is InChI=1S/C19H19NO2S/c1-3-23-17-16(18(21)22)14-11-7-8-12-15(14)20-19(17,2)13-9-5-4-6-10-13/h4-12,20H,3H2,1-2H3,(H,21,22). The molecule has 0 aromatic heterocycles. The van der Waals surface area contributed by atoms with E-state index in [0.717, 1.165) is 27.5 Å². The van der Waals surface area contributed by atoms with Crippen LogP contribution in [0.25, 0.3) is 5.57 Å². The SMILES string of the molecule is CCSC1=C(C(=O)O)c2ccccc2NC1(C)c1ccccc1. The number of para-hydroxylation sites is 1. The van der Waals surface area contributed by atoms with E-state index in [4.69, 9.17) is 0 Å². The lowest BCUT2D eigenvalue weighted by Crippen LogP contribution is -2.37. The fourth-order valence-electron chi connectivity index (χ4n) is 3.06. The van der Waals surface area contributed by atoms with Gasteiger partial charge in [0.2, 0.25) is 0 Å². The smallest absolute Gasteiger partial charge is 0.337 e. The Morgan fingerprint density at radius 3 is 2.43 bits per heavy atom. The van der Waals surface area contributed by atoms with E-state index in [9.17, 15) is 9.90 Å². The fraction of sp³-hybridized carbons (Fsp3) is 0.211. The highest BCUT2D eigenvalue weighted by Crippen LogP contribution is 2.48. The molecule has 1 aliphatic heterocycles. The Bertz CT molecular complexity index is 770. The number of hydrogen-bond donors (Lipinski definition) is 2. The summed E-state index contributed by atoms with van der Waals surface area (Å²) in [5.74, 6) is -0.0599. The summed E-state index contributed by atoms with van der Waals surface area (Å²) in [6.07, 6.45) is 0. The molecule has 2 aromatic carbocycles. The lowest BCUT2D eigenvalue weighted by Gasteiger charge is -2.40. The van der Waals surface area contributed by atoms with Gasteiger partial charge in [0.1, 0.15) is 0 Å². The molecular formula is C19H19NO2S. The van der Waals surface area contributed by atoms with Gasteiger partial charge in [-0.05, 0) is 24.3 Å². The first kappa shape index (κ1) is 15.7. The number of carboxylic acid groups (broad SMARTS) is 1. The zero-order valence-corrected chi connectivity index (χ0v) is 14.0. The molecule has 1 heterocycles. The quantitative estimate of drug-likeness (QED) is 0.864. The van der Waals surface area contributed by atoms with Gasteiger partial charge < -0.3 is 10.4 Å². The Hall–Kier alpha value is -2.20. The summed E-state index contributed by atoms with van der Waals surface area (Å²) in [7, 11) is 0. The summed E-state index contributed by atoms with van der Waals surface area (Å²) in [5, 5.41) is 13.4. The topological polar surface area (TPSA) is 49.3 Å². The van der Waals surface area contributed by atoms with E-state index in [2.05, 4.69) is 12.2 Å². The predicted molar refractivity (Wildman–Crippen MR) is 96.5 cm³/mol. The van der Waals surface area contributed by atoms with Crippen molar-refractivity contribution in [1.29, 1.82) is 0 Å². The number of fused-ring (bicyclic) bond motifs is 1. The van der Waals surface area contributed by atoms with E-state index in [1.807, 2.05) is 61.5 Å². The van der Waals surface area contributed by atoms with Crippen LogP contribution in [0.1, 0.15) is 25.0 Å². The monoisotopic (exact) mass is 325 g/mol. The Labute approximate surface area is 140 Å². The lowest BCUT2D eigenvalue weighted by molar-refractivity contribution is -0.130. The molecule has 0 fully saturated rings. The first-order valence-electron chi connectivity index (χ1n) is 7.62. The molecule has 2 N–H and O–H groups in total. The van der Waals surface area contributed by atoms with Crippen molar-refractivity contribution in [2.75, 3.05) is 11.1 Å². The van der Waals surface area contributed by atoms with Crippen LogP contribution in [-0.4, -0.2) is 16.8 Å². The summed E-state index contributed by atoms with van der Waals surface area (Å²) in [4.78, 5) is 12.9. The third-order valence-corrected chi connectivity index (χ3v) is 5.31. The molecule has 4 heteroatoms. The zero-order valence-electron chi connectivity index (χ0n) is 13.2. The van der Waals surface area contributed by atoms with Crippen LogP contribution in [0.15, 0.2) is 59.5 Å². The molecule has 3 rings (SSSR count). The van der Waals surface area contributed by atoms with Crippen molar-refractivity contribution in [3.8, 4) is 0 Å². The molecule has 0 saturated heterocycles. The van der Waals surface area contributed by atoms with Crippen molar-refractivity contribution in [3.05, 3.63) is 70.6 Å². The van der Waals surface area contributed by atoms with Crippen molar-refractivity contribution in [3.63, 3.8) is 0 Å². The average molecular weight is 325 g/mol. The lowest BCUT2D eigenvalue weighted by atomic mass is 9.83. The van der Waals surface area contributed by atoms with Gasteiger partial charge in [-0.1, -0.05) is 55.5 Å². The largest absolute Gasteiger partial charge is 0.478 e. The number of carboxylic acids is 1. The van der Waals surface area contributed by atoms with Crippen LogP contribution in [0.4, 0.5) is 5.69 Å². The molecule has 118 valence electrons. The molecule has 0 radical (unpaired) electrons. The van der Waals surface area contributed by atoms with Crippen molar-refractivity contribution >= 4 is 29.0 Å². The van der Waals surface area contributed by atoms with E-state index >= 15 is 0 Å². The number of thioether (sulfide) groups is 1. The Morgan fingerprint density at radius 1 is 1.13 bits per heavy atom. The molecule has 3 nitrogen and oxygen atoms in total. The highest BCUT2D eigenvalue weighted by atomic mass is 32.2. The summed E-state index contributed by atoms with van der Waals surface area (Å²) in [6.45, 7) is 4.10. The van der Waals surface area contributed by atoms with Gasteiger partial charge in [0.05, 0.1) is 11.1 Å². The molecule has 1 aliphatic rings. The predicted octanol–water partition coefficient (Wildman–Crippen LogP) is 4.58. The highest BCUT2D eigenvalue weighted by molar-refractivity contribution is 8.03. The van der Waals surface area contributed by atoms with Crippen molar-refractivity contribution in [2.45, 2.75) is 19.4 Å². The average Bonchev–Trinajstić information content (AvgIpc) is 2.56. The van der Waals surface area contributed by atoms with Crippen LogP contribution >= 0.6 is 11.8 Å². The van der Waals surface area contributed by atoms with E-state index in [0.29, 0.717) is 5.57 Å². The van der Waals surface area contributed by atoms with Crippen molar-refractivity contribution in [1.82, 2.24) is 0 Å². The number of nitrogens with one attached hydrogen (secondary N) is 1. The summed E-state index contributed by atoms with van der Waals surface area (Å²) in [6, 6.07) is 17.6. The maximum Gasteiger partial charge on any atom is 0.337 e. The minimum absolute atomic E-state index is 0.401. The van der Waals surface area contributed by atoms with Crippen LogP contribution in [0.2, 0.25) is 0 Å². The maximum atomic E-state index is 12.0.